The van der Waals surface area contributed by atoms with E-state index in [0.717, 1.165) is 5.56 Å². The minimum absolute atomic E-state index is 0.223. The third kappa shape index (κ3) is 3.54. The first-order valence-corrected chi connectivity index (χ1v) is 8.61. The summed E-state index contributed by atoms with van der Waals surface area (Å²) in [6.07, 6.45) is 3.42. The SMILES string of the molecule is CC(C)(C)[Si](C)(C)OCc1cnc(Cl)nc1. The van der Waals surface area contributed by atoms with Gasteiger partial charge in [0.15, 0.2) is 8.32 Å². The van der Waals surface area contributed by atoms with E-state index < -0.39 is 8.32 Å². The zero-order valence-corrected chi connectivity index (χ0v) is 12.3. The van der Waals surface area contributed by atoms with Crippen molar-refractivity contribution >= 4 is 19.9 Å². The number of hydrogen-bond acceptors (Lipinski definition) is 3. The Morgan fingerprint density at radius 2 is 1.75 bits per heavy atom. The van der Waals surface area contributed by atoms with E-state index in [9.17, 15) is 0 Å². The van der Waals surface area contributed by atoms with Gasteiger partial charge in [-0.15, -0.1) is 0 Å². The van der Waals surface area contributed by atoms with Gasteiger partial charge in [0.25, 0.3) is 0 Å². The van der Waals surface area contributed by atoms with Crippen LogP contribution in [-0.2, 0) is 11.0 Å². The summed E-state index contributed by atoms with van der Waals surface area (Å²) in [7, 11) is -1.69. The first-order valence-electron chi connectivity index (χ1n) is 5.33. The molecule has 0 saturated heterocycles. The van der Waals surface area contributed by atoms with Crippen molar-refractivity contribution in [1.29, 1.82) is 0 Å². The van der Waals surface area contributed by atoms with Gasteiger partial charge in [0, 0.05) is 18.0 Å². The van der Waals surface area contributed by atoms with E-state index in [4.69, 9.17) is 16.0 Å². The highest BCUT2D eigenvalue weighted by molar-refractivity contribution is 6.74. The third-order valence-corrected chi connectivity index (χ3v) is 7.75. The second-order valence-electron chi connectivity index (χ2n) is 5.41. The van der Waals surface area contributed by atoms with E-state index in [2.05, 4.69) is 43.8 Å². The molecule has 5 heteroatoms. The van der Waals surface area contributed by atoms with Gasteiger partial charge in [0.05, 0.1) is 6.61 Å². The Hall–Kier alpha value is -0.453. The van der Waals surface area contributed by atoms with E-state index in [1.807, 2.05) is 0 Å². The highest BCUT2D eigenvalue weighted by Crippen LogP contribution is 2.36. The third-order valence-electron chi connectivity index (χ3n) is 3.08. The largest absolute Gasteiger partial charge is 0.412 e. The number of aromatic nitrogens is 2. The standard InChI is InChI=1S/C11H19ClN2OSi/c1-11(2,3)16(4,5)15-8-9-6-13-10(12)14-7-9/h6-7H,8H2,1-5H3. The average Bonchev–Trinajstić information content (AvgIpc) is 2.15. The summed E-state index contributed by atoms with van der Waals surface area (Å²) in [5, 5.41) is 0.497. The molecule has 16 heavy (non-hydrogen) atoms. The van der Waals surface area contributed by atoms with Gasteiger partial charge in [-0.05, 0) is 29.7 Å². The van der Waals surface area contributed by atoms with Crippen molar-refractivity contribution in [2.24, 2.45) is 0 Å². The fourth-order valence-electron chi connectivity index (χ4n) is 0.894. The Morgan fingerprint density at radius 1 is 1.25 bits per heavy atom. The molecule has 0 amide bonds. The van der Waals surface area contributed by atoms with Crippen LogP contribution in [0.3, 0.4) is 0 Å². The van der Waals surface area contributed by atoms with Crippen LogP contribution in [0, 0.1) is 0 Å². The molecule has 0 bridgehead atoms. The van der Waals surface area contributed by atoms with Gasteiger partial charge in [-0.3, -0.25) is 0 Å². The van der Waals surface area contributed by atoms with Crippen LogP contribution in [0.15, 0.2) is 12.4 Å². The quantitative estimate of drug-likeness (QED) is 0.613. The highest BCUT2D eigenvalue weighted by Gasteiger charge is 2.36. The molecule has 0 N–H and O–H groups in total. The minimum Gasteiger partial charge on any atom is -0.412 e. The monoisotopic (exact) mass is 258 g/mol. The summed E-state index contributed by atoms with van der Waals surface area (Å²) < 4.78 is 6.04. The second-order valence-corrected chi connectivity index (χ2v) is 10.6. The molecule has 0 unspecified atom stereocenters. The molecule has 1 rings (SSSR count). The van der Waals surface area contributed by atoms with Gasteiger partial charge in [0.1, 0.15) is 0 Å². The van der Waals surface area contributed by atoms with E-state index in [1.54, 1.807) is 12.4 Å². The van der Waals surface area contributed by atoms with E-state index >= 15 is 0 Å². The van der Waals surface area contributed by atoms with Crippen LogP contribution in [-0.4, -0.2) is 18.3 Å². The zero-order chi connectivity index (χ0) is 12.4. The van der Waals surface area contributed by atoms with Gasteiger partial charge < -0.3 is 4.43 Å². The van der Waals surface area contributed by atoms with Crippen molar-refractivity contribution in [2.75, 3.05) is 0 Å². The minimum atomic E-state index is -1.69. The van der Waals surface area contributed by atoms with Crippen molar-refractivity contribution in [1.82, 2.24) is 9.97 Å². The molecule has 0 saturated carbocycles. The van der Waals surface area contributed by atoms with E-state index in [0.29, 0.717) is 6.61 Å². The summed E-state index contributed by atoms with van der Waals surface area (Å²) in [5.74, 6) is 0. The van der Waals surface area contributed by atoms with Crippen LogP contribution < -0.4 is 0 Å². The lowest BCUT2D eigenvalue weighted by Crippen LogP contribution is -2.40. The number of halogens is 1. The van der Waals surface area contributed by atoms with Gasteiger partial charge >= 0.3 is 0 Å². The first-order chi connectivity index (χ1) is 7.22. The summed E-state index contributed by atoms with van der Waals surface area (Å²) in [5.41, 5.74) is 0.967. The van der Waals surface area contributed by atoms with Crippen LogP contribution >= 0.6 is 11.6 Å². The van der Waals surface area contributed by atoms with Crippen LogP contribution in [0.2, 0.25) is 23.4 Å². The molecular weight excluding hydrogens is 240 g/mol. The number of hydrogen-bond donors (Lipinski definition) is 0. The predicted molar refractivity (Wildman–Crippen MR) is 69.0 cm³/mol. The molecule has 3 nitrogen and oxygen atoms in total. The van der Waals surface area contributed by atoms with Crippen molar-refractivity contribution < 1.29 is 4.43 Å². The molecule has 0 atom stereocenters. The molecule has 0 aliphatic heterocycles. The van der Waals surface area contributed by atoms with Crippen molar-refractivity contribution in [3.8, 4) is 0 Å². The van der Waals surface area contributed by atoms with Crippen LogP contribution in [0.5, 0.6) is 0 Å². The summed E-state index contributed by atoms with van der Waals surface area (Å²) in [6, 6.07) is 0. The van der Waals surface area contributed by atoms with Crippen LogP contribution in [0.1, 0.15) is 26.3 Å². The van der Waals surface area contributed by atoms with Crippen LogP contribution in [0.25, 0.3) is 0 Å². The number of nitrogens with zero attached hydrogens (tertiary/aromatic N) is 2. The zero-order valence-electron chi connectivity index (χ0n) is 10.5. The predicted octanol–water partition coefficient (Wildman–Crippen LogP) is 3.65. The maximum absolute atomic E-state index is 6.04. The van der Waals surface area contributed by atoms with Gasteiger partial charge in [-0.25, -0.2) is 9.97 Å². The lowest BCUT2D eigenvalue weighted by atomic mass is 10.2. The lowest BCUT2D eigenvalue weighted by molar-refractivity contribution is 0.275. The Morgan fingerprint density at radius 3 is 2.19 bits per heavy atom. The molecule has 1 aromatic rings. The Kier molecular flexibility index (Phi) is 4.10. The molecule has 0 radical (unpaired) electrons. The van der Waals surface area contributed by atoms with Crippen molar-refractivity contribution in [3.63, 3.8) is 0 Å². The van der Waals surface area contributed by atoms with Crippen molar-refractivity contribution in [3.05, 3.63) is 23.2 Å². The molecule has 1 heterocycles. The number of rotatable bonds is 3. The molecule has 1 aromatic heterocycles. The molecule has 0 aromatic carbocycles. The lowest BCUT2D eigenvalue weighted by Gasteiger charge is -2.36. The molecule has 0 fully saturated rings. The Balaban J connectivity index is 2.61. The Bertz CT molecular complexity index is 346. The maximum atomic E-state index is 6.04. The fraction of sp³-hybridized carbons (Fsp3) is 0.636. The average molecular weight is 259 g/mol. The first kappa shape index (κ1) is 13.6. The normalized spacial score (nSPS) is 12.9. The van der Waals surface area contributed by atoms with Gasteiger partial charge in [0.2, 0.25) is 5.28 Å². The van der Waals surface area contributed by atoms with E-state index in [-0.39, 0.29) is 10.3 Å². The summed E-state index contributed by atoms with van der Waals surface area (Å²) in [6.45, 7) is 11.7. The van der Waals surface area contributed by atoms with Gasteiger partial charge in [-0.1, -0.05) is 20.8 Å². The topological polar surface area (TPSA) is 35.0 Å². The maximum Gasteiger partial charge on any atom is 0.222 e. The molecule has 0 aliphatic rings. The van der Waals surface area contributed by atoms with Crippen molar-refractivity contribution in [2.45, 2.75) is 45.5 Å². The Labute approximate surface area is 103 Å². The highest BCUT2D eigenvalue weighted by atomic mass is 35.5. The van der Waals surface area contributed by atoms with Gasteiger partial charge in [-0.2, -0.15) is 0 Å². The summed E-state index contributed by atoms with van der Waals surface area (Å²) in [4.78, 5) is 7.86. The fourth-order valence-corrected chi connectivity index (χ4v) is 1.95. The second kappa shape index (κ2) is 4.81. The summed E-state index contributed by atoms with van der Waals surface area (Å²) >= 11 is 5.62. The molecule has 0 aliphatic carbocycles. The smallest absolute Gasteiger partial charge is 0.222 e. The molecular formula is C11H19ClN2OSi. The molecule has 90 valence electrons. The molecule has 0 spiro atoms. The van der Waals surface area contributed by atoms with E-state index in [1.165, 1.54) is 0 Å². The van der Waals surface area contributed by atoms with Crippen LogP contribution in [0.4, 0.5) is 0 Å².